The smallest absolute Gasteiger partial charge is 0.333 e. The maximum atomic E-state index is 12.0. The second kappa shape index (κ2) is 6.58. The van der Waals surface area contributed by atoms with Crippen molar-refractivity contribution in [3.8, 4) is 0 Å². The minimum atomic E-state index is -1.46. The Balaban J connectivity index is 1.99. The predicted octanol–water partition coefficient (Wildman–Crippen LogP) is 1.32. The summed E-state index contributed by atoms with van der Waals surface area (Å²) in [4.78, 5) is 23.5. The lowest BCUT2D eigenvalue weighted by atomic mass is 9.92. The molecule has 3 N–H and O–H groups in total. The molecule has 0 saturated carbocycles. The predicted molar refractivity (Wildman–Crippen MR) is 76.9 cm³/mol. The maximum absolute atomic E-state index is 12.0. The fourth-order valence-corrected chi connectivity index (χ4v) is 2.27. The zero-order valence-electron chi connectivity index (χ0n) is 12.0. The zero-order valence-corrected chi connectivity index (χ0v) is 12.0. The topological polar surface area (TPSA) is 87.7 Å². The molecule has 2 atom stereocenters. The van der Waals surface area contributed by atoms with Crippen LogP contribution in [0.15, 0.2) is 30.3 Å². The Labute approximate surface area is 123 Å². The van der Waals surface area contributed by atoms with Crippen molar-refractivity contribution in [3.05, 3.63) is 35.9 Å². The first-order chi connectivity index (χ1) is 10.0. The molecule has 2 amide bonds. The van der Waals surface area contributed by atoms with E-state index >= 15 is 0 Å². The van der Waals surface area contributed by atoms with Crippen LogP contribution >= 0.6 is 0 Å². The lowest BCUT2D eigenvalue weighted by Gasteiger charge is -2.27. The van der Waals surface area contributed by atoms with Crippen molar-refractivity contribution < 1.29 is 19.4 Å². The molecular formula is C15H20N2O4. The van der Waals surface area contributed by atoms with Crippen LogP contribution in [0, 0.1) is 5.92 Å². The molecule has 1 aromatic rings. The van der Waals surface area contributed by atoms with Crippen LogP contribution in [0.5, 0.6) is 0 Å². The molecule has 1 aliphatic heterocycles. The summed E-state index contributed by atoms with van der Waals surface area (Å²) in [5, 5.41) is 14.7. The van der Waals surface area contributed by atoms with Gasteiger partial charge in [0.1, 0.15) is 0 Å². The first-order valence-corrected chi connectivity index (χ1v) is 6.95. The number of amides is 2. The number of benzene rings is 1. The Morgan fingerprint density at radius 2 is 2.10 bits per heavy atom. The Morgan fingerprint density at radius 1 is 1.38 bits per heavy atom. The molecule has 0 aromatic heterocycles. The Hall–Kier alpha value is -2.08. The van der Waals surface area contributed by atoms with Gasteiger partial charge >= 0.3 is 12.0 Å². The summed E-state index contributed by atoms with van der Waals surface area (Å²) in [6, 6.07) is 8.15. The molecule has 1 heterocycles. The number of carboxylic acids is 1. The van der Waals surface area contributed by atoms with E-state index in [1.807, 2.05) is 0 Å². The van der Waals surface area contributed by atoms with Crippen molar-refractivity contribution in [2.75, 3.05) is 19.8 Å². The third-order valence-corrected chi connectivity index (χ3v) is 3.72. The number of carboxylic acid groups (broad SMARTS) is 1. The summed E-state index contributed by atoms with van der Waals surface area (Å²) < 4.78 is 5.23. The van der Waals surface area contributed by atoms with Gasteiger partial charge in [0.15, 0.2) is 5.54 Å². The molecule has 0 aliphatic carbocycles. The van der Waals surface area contributed by atoms with Gasteiger partial charge in [-0.25, -0.2) is 9.59 Å². The SMILES string of the molecule is CC(NC(=O)NCC1CCOC1)(C(=O)O)c1ccccc1. The summed E-state index contributed by atoms with van der Waals surface area (Å²) in [5.74, 6) is -0.809. The first-order valence-electron chi connectivity index (χ1n) is 6.95. The second-order valence-electron chi connectivity index (χ2n) is 5.36. The van der Waals surface area contributed by atoms with Gasteiger partial charge in [-0.15, -0.1) is 0 Å². The van der Waals surface area contributed by atoms with Gasteiger partial charge < -0.3 is 20.5 Å². The molecule has 1 aliphatic rings. The largest absolute Gasteiger partial charge is 0.479 e. The number of ether oxygens (including phenoxy) is 1. The van der Waals surface area contributed by atoms with Crippen LogP contribution in [0.1, 0.15) is 18.9 Å². The minimum absolute atomic E-state index is 0.295. The van der Waals surface area contributed by atoms with Crippen LogP contribution in [0.2, 0.25) is 0 Å². The Morgan fingerprint density at radius 3 is 2.67 bits per heavy atom. The molecule has 6 heteroatoms. The fourth-order valence-electron chi connectivity index (χ4n) is 2.27. The average molecular weight is 292 g/mol. The van der Waals surface area contributed by atoms with Gasteiger partial charge in [0.25, 0.3) is 0 Å². The van der Waals surface area contributed by atoms with E-state index in [1.165, 1.54) is 6.92 Å². The van der Waals surface area contributed by atoms with Gasteiger partial charge in [0.2, 0.25) is 0 Å². The Kier molecular flexibility index (Phi) is 4.80. The number of carbonyl (C=O) groups excluding carboxylic acids is 1. The van der Waals surface area contributed by atoms with Crippen LogP contribution in [-0.4, -0.2) is 36.9 Å². The monoisotopic (exact) mass is 292 g/mol. The molecule has 2 rings (SSSR count). The van der Waals surface area contributed by atoms with Crippen molar-refractivity contribution in [2.24, 2.45) is 5.92 Å². The van der Waals surface area contributed by atoms with Gasteiger partial charge in [0.05, 0.1) is 6.61 Å². The molecule has 0 bridgehead atoms. The van der Waals surface area contributed by atoms with Crippen molar-refractivity contribution in [2.45, 2.75) is 18.9 Å². The normalized spacial score (nSPS) is 20.5. The van der Waals surface area contributed by atoms with Crippen LogP contribution in [0.25, 0.3) is 0 Å². The third kappa shape index (κ3) is 3.72. The third-order valence-electron chi connectivity index (χ3n) is 3.72. The fraction of sp³-hybridized carbons (Fsp3) is 0.467. The van der Waals surface area contributed by atoms with E-state index < -0.39 is 17.5 Å². The number of hydrogen-bond donors (Lipinski definition) is 3. The number of urea groups is 1. The summed E-state index contributed by atoms with van der Waals surface area (Å²) >= 11 is 0. The van der Waals surface area contributed by atoms with E-state index in [-0.39, 0.29) is 0 Å². The molecule has 1 saturated heterocycles. The lowest BCUT2D eigenvalue weighted by molar-refractivity contribution is -0.144. The highest BCUT2D eigenvalue weighted by atomic mass is 16.5. The Bertz CT molecular complexity index is 500. The van der Waals surface area contributed by atoms with E-state index in [4.69, 9.17) is 4.74 Å². The molecule has 21 heavy (non-hydrogen) atoms. The van der Waals surface area contributed by atoms with E-state index in [9.17, 15) is 14.7 Å². The number of aliphatic carboxylic acids is 1. The van der Waals surface area contributed by atoms with E-state index in [0.29, 0.717) is 31.2 Å². The number of rotatable bonds is 5. The zero-order chi connectivity index (χ0) is 15.3. The molecular weight excluding hydrogens is 272 g/mol. The standard InChI is InChI=1S/C15H20N2O4/c1-15(13(18)19,12-5-3-2-4-6-12)17-14(20)16-9-11-7-8-21-10-11/h2-6,11H,7-10H2,1H3,(H,18,19)(H2,16,17,20). The quantitative estimate of drug-likeness (QED) is 0.764. The molecule has 1 aromatic carbocycles. The van der Waals surface area contributed by atoms with Crippen molar-refractivity contribution in [1.82, 2.24) is 10.6 Å². The summed E-state index contributed by atoms with van der Waals surface area (Å²) in [7, 11) is 0. The van der Waals surface area contributed by atoms with Crippen LogP contribution in [0.4, 0.5) is 4.79 Å². The summed E-state index contributed by atoms with van der Waals surface area (Å²) in [6.45, 7) is 3.30. The molecule has 2 unspecified atom stereocenters. The van der Waals surface area contributed by atoms with Gasteiger partial charge in [-0.1, -0.05) is 30.3 Å². The lowest BCUT2D eigenvalue weighted by Crippen LogP contribution is -2.53. The highest BCUT2D eigenvalue weighted by Crippen LogP contribution is 2.20. The van der Waals surface area contributed by atoms with Gasteiger partial charge in [-0.2, -0.15) is 0 Å². The van der Waals surface area contributed by atoms with Gasteiger partial charge in [-0.3, -0.25) is 0 Å². The second-order valence-corrected chi connectivity index (χ2v) is 5.36. The van der Waals surface area contributed by atoms with Gasteiger partial charge in [-0.05, 0) is 18.9 Å². The van der Waals surface area contributed by atoms with E-state index in [2.05, 4.69) is 10.6 Å². The van der Waals surface area contributed by atoms with Crippen molar-refractivity contribution in [3.63, 3.8) is 0 Å². The molecule has 1 fully saturated rings. The minimum Gasteiger partial charge on any atom is -0.479 e. The highest BCUT2D eigenvalue weighted by Gasteiger charge is 2.36. The van der Waals surface area contributed by atoms with E-state index in [0.717, 1.165) is 6.42 Å². The van der Waals surface area contributed by atoms with Crippen molar-refractivity contribution >= 4 is 12.0 Å². The number of carbonyl (C=O) groups is 2. The highest BCUT2D eigenvalue weighted by molar-refractivity contribution is 5.87. The molecule has 0 radical (unpaired) electrons. The summed E-state index contributed by atoms with van der Waals surface area (Å²) in [5.41, 5.74) is -0.936. The maximum Gasteiger partial charge on any atom is 0.333 e. The average Bonchev–Trinajstić information content (AvgIpc) is 2.99. The number of nitrogens with one attached hydrogen (secondary N) is 2. The summed E-state index contributed by atoms with van der Waals surface area (Å²) in [6.07, 6.45) is 0.912. The molecule has 114 valence electrons. The molecule has 6 nitrogen and oxygen atoms in total. The van der Waals surface area contributed by atoms with Crippen molar-refractivity contribution in [1.29, 1.82) is 0 Å². The van der Waals surface area contributed by atoms with Gasteiger partial charge in [0, 0.05) is 19.1 Å². The molecule has 0 spiro atoms. The van der Waals surface area contributed by atoms with Crippen LogP contribution < -0.4 is 10.6 Å². The van der Waals surface area contributed by atoms with E-state index in [1.54, 1.807) is 30.3 Å². The first kappa shape index (κ1) is 15.3. The van der Waals surface area contributed by atoms with Crippen LogP contribution in [0.3, 0.4) is 0 Å². The van der Waals surface area contributed by atoms with Crippen LogP contribution in [-0.2, 0) is 15.1 Å². The number of hydrogen-bond acceptors (Lipinski definition) is 3.